The average molecular weight is 797 g/mol. The van der Waals surface area contributed by atoms with Crippen LogP contribution < -0.4 is 0 Å². The average Bonchev–Trinajstić information content (AvgIpc) is 3.95. The lowest BCUT2D eigenvalue weighted by molar-refractivity contribution is 0.102. The van der Waals surface area contributed by atoms with E-state index in [4.69, 9.17) is 0 Å². The maximum absolute atomic E-state index is 14.2. The van der Waals surface area contributed by atoms with Crippen molar-refractivity contribution in [1.82, 2.24) is 19.9 Å². The van der Waals surface area contributed by atoms with Crippen molar-refractivity contribution in [3.63, 3.8) is 0 Å². The van der Waals surface area contributed by atoms with Crippen molar-refractivity contribution in [1.29, 1.82) is 0 Å². The Kier molecular flexibility index (Phi) is 7.97. The molecule has 0 N–H and O–H groups in total. The van der Waals surface area contributed by atoms with Gasteiger partial charge in [0, 0.05) is 12.4 Å². The molecule has 0 amide bonds. The van der Waals surface area contributed by atoms with Crippen molar-refractivity contribution in [3.05, 3.63) is 116 Å². The number of carbonyl (C=O) groups is 2. The number of hydrogen-bond acceptors (Lipinski definition) is 10. The van der Waals surface area contributed by atoms with Gasteiger partial charge in [0.25, 0.3) is 0 Å². The molecule has 8 rings (SSSR count). The third-order valence-corrected chi connectivity index (χ3v) is 11.9. The maximum Gasteiger partial charge on any atom is 0.210 e. The van der Waals surface area contributed by atoms with Crippen LogP contribution in [0.3, 0.4) is 0 Å². The number of thiazole rings is 4. The minimum Gasteiger partial charge on any atom is -0.287 e. The fraction of sp³-hybridized carbons (Fsp3) is 0. The molecule has 0 saturated heterocycles. The molecule has 6 nitrogen and oxygen atoms in total. The van der Waals surface area contributed by atoms with E-state index in [-0.39, 0.29) is 19.8 Å². The van der Waals surface area contributed by atoms with Crippen molar-refractivity contribution in [2.45, 2.75) is 0 Å². The fourth-order valence-corrected chi connectivity index (χ4v) is 8.86. The molecule has 0 atom stereocenters. The number of rotatable bonds is 6. The summed E-state index contributed by atoms with van der Waals surface area (Å²) in [7, 11) is 0. The van der Waals surface area contributed by atoms with Gasteiger partial charge in [0.05, 0.1) is 30.2 Å². The molecule has 0 saturated carbocycles. The van der Waals surface area contributed by atoms with Gasteiger partial charge < -0.3 is 0 Å². The second-order valence-electron chi connectivity index (χ2n) is 10.6. The predicted octanol–water partition coefficient (Wildman–Crippen LogP) is 10.2. The van der Waals surface area contributed by atoms with Crippen LogP contribution in [0.4, 0.5) is 43.9 Å². The maximum atomic E-state index is 14.2. The van der Waals surface area contributed by atoms with Crippen LogP contribution in [0.15, 0.2) is 36.7 Å². The first-order chi connectivity index (χ1) is 24.7. The quantitative estimate of drug-likeness (QED) is 0.0721. The summed E-state index contributed by atoms with van der Waals surface area (Å²) < 4.78 is 140. The Morgan fingerprint density at radius 1 is 0.423 bits per heavy atom. The number of carbonyl (C=O) groups excluding carboxylic acids is 2. The standard InChI is InChI=1S/C32H6F10N4O2S4/c33-17-15(18(34)22(38)25(41)21(17)37)27(47)13-5-43-29(51-13)31-45-9-1-7-3-12-10(2-8(7)4-11(9)49-31)46-32(50-12)30-44-6-14(52-30)28(48)16-19(35)23(39)26(42)24(40)20(16)36/h1-6H. The first kappa shape index (κ1) is 33.9. The zero-order valence-corrected chi connectivity index (χ0v) is 27.7. The Bertz CT molecular complexity index is 2560. The molecule has 260 valence electrons. The lowest BCUT2D eigenvalue weighted by atomic mass is 10.1. The summed E-state index contributed by atoms with van der Waals surface area (Å²) in [5.74, 6) is -25.7. The Balaban J connectivity index is 1.09. The van der Waals surface area contributed by atoms with E-state index in [1.165, 1.54) is 0 Å². The molecule has 4 aromatic heterocycles. The van der Waals surface area contributed by atoms with E-state index in [0.717, 1.165) is 35.1 Å². The van der Waals surface area contributed by atoms with Gasteiger partial charge in [-0.05, 0) is 35.0 Å². The number of hydrogen-bond donors (Lipinski definition) is 0. The van der Waals surface area contributed by atoms with E-state index < -0.39 is 80.9 Å². The predicted molar refractivity (Wildman–Crippen MR) is 172 cm³/mol. The lowest BCUT2D eigenvalue weighted by Crippen LogP contribution is -2.12. The molecule has 0 unspecified atom stereocenters. The van der Waals surface area contributed by atoms with Gasteiger partial charge in [-0.3, -0.25) is 9.59 Å². The first-order valence-corrected chi connectivity index (χ1v) is 17.2. The highest BCUT2D eigenvalue weighted by atomic mass is 32.1. The number of benzene rings is 4. The van der Waals surface area contributed by atoms with Gasteiger partial charge in [0.1, 0.15) is 11.1 Å². The van der Waals surface area contributed by atoms with E-state index >= 15 is 0 Å². The van der Waals surface area contributed by atoms with Crippen molar-refractivity contribution in [2.24, 2.45) is 0 Å². The molecule has 52 heavy (non-hydrogen) atoms. The van der Waals surface area contributed by atoms with Crippen LogP contribution in [0, 0.1) is 58.2 Å². The molecule has 0 fully saturated rings. The minimum absolute atomic E-state index is 0.145. The number of ketones is 2. The second kappa shape index (κ2) is 12.2. The van der Waals surface area contributed by atoms with Crippen LogP contribution in [0.5, 0.6) is 0 Å². The van der Waals surface area contributed by atoms with Gasteiger partial charge in [-0.2, -0.15) is 0 Å². The zero-order valence-electron chi connectivity index (χ0n) is 24.5. The summed E-state index contributed by atoms with van der Waals surface area (Å²) >= 11 is 3.58. The fourth-order valence-electron chi connectivity index (χ4n) is 5.09. The number of halogens is 10. The van der Waals surface area contributed by atoms with Crippen LogP contribution in [-0.2, 0) is 0 Å². The Morgan fingerprint density at radius 2 is 0.750 bits per heavy atom. The molecule has 0 aliphatic carbocycles. The third-order valence-electron chi connectivity index (χ3n) is 7.55. The van der Waals surface area contributed by atoms with Crippen molar-refractivity contribution >= 4 is 88.1 Å². The Morgan fingerprint density at radius 3 is 1.10 bits per heavy atom. The summed E-state index contributed by atoms with van der Waals surface area (Å²) in [6.45, 7) is 0. The highest BCUT2D eigenvalue weighted by molar-refractivity contribution is 7.26. The molecule has 8 aromatic rings. The lowest BCUT2D eigenvalue weighted by Gasteiger charge is -2.05. The largest absolute Gasteiger partial charge is 0.287 e. The molecule has 0 aliphatic rings. The second-order valence-corrected chi connectivity index (χ2v) is 14.8. The highest BCUT2D eigenvalue weighted by Gasteiger charge is 2.33. The van der Waals surface area contributed by atoms with Gasteiger partial charge in [0.2, 0.25) is 23.2 Å². The summed E-state index contributed by atoms with van der Waals surface area (Å²) in [6, 6.07) is 7.04. The van der Waals surface area contributed by atoms with Crippen molar-refractivity contribution < 1.29 is 53.5 Å². The van der Waals surface area contributed by atoms with E-state index in [1.54, 1.807) is 24.3 Å². The minimum atomic E-state index is -2.39. The van der Waals surface area contributed by atoms with E-state index in [0.29, 0.717) is 63.9 Å². The smallest absolute Gasteiger partial charge is 0.210 e. The number of nitrogens with zero attached hydrogens (tertiary/aromatic N) is 4. The molecular formula is C32H6F10N4O2S4. The van der Waals surface area contributed by atoms with E-state index in [1.807, 2.05) is 0 Å². The van der Waals surface area contributed by atoms with Gasteiger partial charge >= 0.3 is 0 Å². The highest BCUT2D eigenvalue weighted by Crippen LogP contribution is 2.39. The normalized spacial score (nSPS) is 11.8. The van der Waals surface area contributed by atoms with Gasteiger partial charge in [-0.1, -0.05) is 0 Å². The molecule has 4 heterocycles. The van der Waals surface area contributed by atoms with Crippen LogP contribution in [0.25, 0.3) is 51.2 Å². The third kappa shape index (κ3) is 5.19. The summed E-state index contributed by atoms with van der Waals surface area (Å²) in [4.78, 5) is 41.9. The van der Waals surface area contributed by atoms with Crippen LogP contribution >= 0.6 is 45.3 Å². The first-order valence-electron chi connectivity index (χ1n) is 13.9. The number of fused-ring (bicyclic) bond motifs is 3. The summed E-state index contributed by atoms with van der Waals surface area (Å²) in [5.41, 5.74) is -2.22. The molecule has 0 spiro atoms. The SMILES string of the molecule is O=C(c1cnc(-c2nc3cc4cc5sc(-c6ncc(C(=O)c7c(F)c(F)c(F)c(F)c7F)s6)nc5cc4cc3s2)s1)c1c(F)c(F)c(F)c(F)c1F. The molecular weight excluding hydrogens is 791 g/mol. The van der Waals surface area contributed by atoms with E-state index in [2.05, 4.69) is 19.9 Å². The molecule has 20 heteroatoms. The molecule has 4 aromatic carbocycles. The monoisotopic (exact) mass is 796 g/mol. The van der Waals surface area contributed by atoms with Crippen molar-refractivity contribution in [3.8, 4) is 20.0 Å². The van der Waals surface area contributed by atoms with Gasteiger partial charge in [-0.15, -0.1) is 45.3 Å². The van der Waals surface area contributed by atoms with Gasteiger partial charge in [-0.25, -0.2) is 63.8 Å². The molecule has 0 aliphatic heterocycles. The topological polar surface area (TPSA) is 85.7 Å². The summed E-state index contributed by atoms with van der Waals surface area (Å²) in [5, 5.41) is 2.30. The van der Waals surface area contributed by atoms with Gasteiger partial charge in [0.15, 0.2) is 66.6 Å². The van der Waals surface area contributed by atoms with Crippen LogP contribution in [0.1, 0.15) is 30.5 Å². The van der Waals surface area contributed by atoms with Crippen LogP contribution in [0.2, 0.25) is 0 Å². The number of aromatic nitrogens is 4. The van der Waals surface area contributed by atoms with Crippen LogP contribution in [-0.4, -0.2) is 31.5 Å². The molecule has 0 bridgehead atoms. The molecule has 0 radical (unpaired) electrons. The zero-order chi connectivity index (χ0) is 36.9. The Hall–Kier alpha value is -5.18. The Labute approximate surface area is 296 Å². The van der Waals surface area contributed by atoms with E-state index in [9.17, 15) is 53.5 Å². The van der Waals surface area contributed by atoms with Crippen molar-refractivity contribution in [2.75, 3.05) is 0 Å². The summed E-state index contributed by atoms with van der Waals surface area (Å²) in [6.07, 6.45) is 1.89.